The van der Waals surface area contributed by atoms with Gasteiger partial charge in [0.25, 0.3) is 0 Å². The smallest absolute Gasteiger partial charge is 0.157 e. The van der Waals surface area contributed by atoms with Crippen LogP contribution in [0.1, 0.15) is 27.2 Å². The molecule has 1 unspecified atom stereocenters. The van der Waals surface area contributed by atoms with Gasteiger partial charge in [-0.2, -0.15) is 0 Å². The lowest BCUT2D eigenvalue weighted by atomic mass is 10.3. The van der Waals surface area contributed by atoms with E-state index in [-0.39, 0.29) is 11.9 Å². The second kappa shape index (κ2) is 4.07. The second-order valence-electron chi connectivity index (χ2n) is 2.85. The third-order valence-corrected chi connectivity index (χ3v) is 4.51. The SMILES string of the molecule is CCC(CO)S(=O)(=O)C(C)C. The summed E-state index contributed by atoms with van der Waals surface area (Å²) in [5.41, 5.74) is 0. The minimum Gasteiger partial charge on any atom is -0.395 e. The summed E-state index contributed by atoms with van der Waals surface area (Å²) in [5, 5.41) is 7.76. The average Bonchev–Trinajstić information content (AvgIpc) is 1.89. The van der Waals surface area contributed by atoms with Crippen LogP contribution in [0.3, 0.4) is 0 Å². The molecule has 0 bridgehead atoms. The van der Waals surface area contributed by atoms with E-state index in [4.69, 9.17) is 5.11 Å². The van der Waals surface area contributed by atoms with Crippen LogP contribution in [-0.4, -0.2) is 30.6 Å². The second-order valence-corrected chi connectivity index (χ2v) is 5.64. The number of aliphatic hydroxyl groups is 1. The Kier molecular flexibility index (Phi) is 4.03. The summed E-state index contributed by atoms with van der Waals surface area (Å²) >= 11 is 0. The van der Waals surface area contributed by atoms with Crippen LogP contribution in [-0.2, 0) is 9.84 Å². The molecule has 11 heavy (non-hydrogen) atoms. The molecule has 0 aromatic carbocycles. The molecule has 0 aliphatic carbocycles. The number of hydrogen-bond acceptors (Lipinski definition) is 3. The first kappa shape index (κ1) is 10.9. The number of aliphatic hydroxyl groups excluding tert-OH is 1. The highest BCUT2D eigenvalue weighted by molar-refractivity contribution is 7.92. The van der Waals surface area contributed by atoms with Gasteiger partial charge in [-0.3, -0.25) is 0 Å². The van der Waals surface area contributed by atoms with Crippen LogP contribution >= 0.6 is 0 Å². The van der Waals surface area contributed by atoms with Crippen LogP contribution in [0.25, 0.3) is 0 Å². The Morgan fingerprint density at radius 3 is 1.91 bits per heavy atom. The summed E-state index contributed by atoms with van der Waals surface area (Å²) < 4.78 is 22.7. The van der Waals surface area contributed by atoms with E-state index >= 15 is 0 Å². The maximum absolute atomic E-state index is 11.3. The largest absolute Gasteiger partial charge is 0.395 e. The Morgan fingerprint density at radius 2 is 1.82 bits per heavy atom. The molecule has 0 saturated heterocycles. The fourth-order valence-corrected chi connectivity index (χ4v) is 2.29. The fourth-order valence-electron chi connectivity index (χ4n) is 0.850. The Hall–Kier alpha value is -0.0900. The molecule has 0 saturated carbocycles. The molecule has 0 aliphatic rings. The summed E-state index contributed by atoms with van der Waals surface area (Å²) in [7, 11) is -3.09. The molecule has 0 spiro atoms. The number of sulfone groups is 1. The van der Waals surface area contributed by atoms with Crippen molar-refractivity contribution in [3.05, 3.63) is 0 Å². The fraction of sp³-hybridized carbons (Fsp3) is 1.00. The van der Waals surface area contributed by atoms with Crippen molar-refractivity contribution in [3.8, 4) is 0 Å². The van der Waals surface area contributed by atoms with Gasteiger partial charge in [-0.1, -0.05) is 6.92 Å². The van der Waals surface area contributed by atoms with E-state index in [0.717, 1.165) is 0 Å². The van der Waals surface area contributed by atoms with Crippen molar-refractivity contribution in [1.29, 1.82) is 0 Å². The van der Waals surface area contributed by atoms with E-state index in [0.29, 0.717) is 6.42 Å². The van der Waals surface area contributed by atoms with Crippen LogP contribution < -0.4 is 0 Å². The highest BCUT2D eigenvalue weighted by Crippen LogP contribution is 2.11. The molecule has 0 fully saturated rings. The summed E-state index contributed by atoms with van der Waals surface area (Å²) in [6.07, 6.45) is 0.483. The van der Waals surface area contributed by atoms with E-state index in [2.05, 4.69) is 0 Å². The quantitative estimate of drug-likeness (QED) is 0.688. The van der Waals surface area contributed by atoms with E-state index in [9.17, 15) is 8.42 Å². The molecular weight excluding hydrogens is 164 g/mol. The van der Waals surface area contributed by atoms with Gasteiger partial charge in [-0.05, 0) is 20.3 Å². The van der Waals surface area contributed by atoms with Crippen molar-refractivity contribution >= 4 is 9.84 Å². The molecule has 3 nitrogen and oxygen atoms in total. The minimum atomic E-state index is -3.09. The summed E-state index contributed by atoms with van der Waals surface area (Å²) in [5.74, 6) is 0. The Labute approximate surface area is 68.3 Å². The molecular formula is C7H16O3S. The minimum absolute atomic E-state index is 0.267. The van der Waals surface area contributed by atoms with E-state index in [1.165, 1.54) is 0 Å². The molecule has 68 valence electrons. The third kappa shape index (κ3) is 2.45. The average molecular weight is 180 g/mol. The normalized spacial score (nSPS) is 15.4. The molecule has 4 heteroatoms. The molecule has 0 amide bonds. The van der Waals surface area contributed by atoms with Gasteiger partial charge in [0.15, 0.2) is 9.84 Å². The molecule has 1 atom stereocenters. The zero-order valence-electron chi connectivity index (χ0n) is 7.24. The zero-order chi connectivity index (χ0) is 9.07. The molecule has 0 aliphatic heterocycles. The molecule has 0 aromatic heterocycles. The lowest BCUT2D eigenvalue weighted by Crippen LogP contribution is -2.30. The first-order valence-corrected chi connectivity index (χ1v) is 5.41. The van der Waals surface area contributed by atoms with Gasteiger partial charge in [0.1, 0.15) is 0 Å². The number of hydrogen-bond donors (Lipinski definition) is 1. The van der Waals surface area contributed by atoms with Crippen molar-refractivity contribution in [2.45, 2.75) is 37.7 Å². The van der Waals surface area contributed by atoms with E-state index in [1.54, 1.807) is 20.8 Å². The van der Waals surface area contributed by atoms with Crippen LogP contribution in [0, 0.1) is 0 Å². The summed E-state index contributed by atoms with van der Waals surface area (Å²) in [6, 6.07) is 0. The first-order valence-electron chi connectivity index (χ1n) is 3.80. The standard InChI is InChI=1S/C7H16O3S/c1-4-7(5-8)11(9,10)6(2)3/h6-8H,4-5H2,1-3H3. The monoisotopic (exact) mass is 180 g/mol. The van der Waals surface area contributed by atoms with Gasteiger partial charge in [-0.15, -0.1) is 0 Å². The van der Waals surface area contributed by atoms with Crippen molar-refractivity contribution in [1.82, 2.24) is 0 Å². The molecule has 0 rings (SSSR count). The Morgan fingerprint density at radius 1 is 1.36 bits per heavy atom. The van der Waals surface area contributed by atoms with Crippen LogP contribution in [0.5, 0.6) is 0 Å². The van der Waals surface area contributed by atoms with Gasteiger partial charge in [0.2, 0.25) is 0 Å². The maximum atomic E-state index is 11.3. The summed E-state index contributed by atoms with van der Waals surface area (Å²) in [6.45, 7) is 4.76. The maximum Gasteiger partial charge on any atom is 0.157 e. The van der Waals surface area contributed by atoms with E-state index in [1.807, 2.05) is 0 Å². The lowest BCUT2D eigenvalue weighted by molar-refractivity contribution is 0.287. The predicted molar refractivity (Wildman–Crippen MR) is 45.2 cm³/mol. The van der Waals surface area contributed by atoms with Crippen LogP contribution in [0.4, 0.5) is 0 Å². The van der Waals surface area contributed by atoms with Crippen molar-refractivity contribution < 1.29 is 13.5 Å². The van der Waals surface area contributed by atoms with Crippen LogP contribution in [0.15, 0.2) is 0 Å². The Balaban J connectivity index is 4.53. The Bertz CT molecular complexity index is 190. The summed E-state index contributed by atoms with van der Waals surface area (Å²) in [4.78, 5) is 0. The third-order valence-electron chi connectivity index (χ3n) is 1.78. The molecule has 1 N–H and O–H groups in total. The molecule has 0 radical (unpaired) electrons. The van der Waals surface area contributed by atoms with E-state index < -0.39 is 15.1 Å². The van der Waals surface area contributed by atoms with Crippen LogP contribution in [0.2, 0.25) is 0 Å². The zero-order valence-corrected chi connectivity index (χ0v) is 8.06. The van der Waals surface area contributed by atoms with Gasteiger partial charge >= 0.3 is 0 Å². The van der Waals surface area contributed by atoms with Gasteiger partial charge < -0.3 is 5.11 Å². The molecule has 0 heterocycles. The van der Waals surface area contributed by atoms with Crippen molar-refractivity contribution in [3.63, 3.8) is 0 Å². The van der Waals surface area contributed by atoms with Crippen molar-refractivity contribution in [2.24, 2.45) is 0 Å². The lowest BCUT2D eigenvalue weighted by Gasteiger charge is -2.15. The predicted octanol–water partition coefficient (Wildman–Crippen LogP) is 0.581. The van der Waals surface area contributed by atoms with Crippen molar-refractivity contribution in [2.75, 3.05) is 6.61 Å². The molecule has 0 aromatic rings. The number of rotatable bonds is 4. The highest BCUT2D eigenvalue weighted by atomic mass is 32.2. The van der Waals surface area contributed by atoms with Gasteiger partial charge in [0, 0.05) is 0 Å². The highest BCUT2D eigenvalue weighted by Gasteiger charge is 2.25. The topological polar surface area (TPSA) is 54.4 Å². The van der Waals surface area contributed by atoms with Gasteiger partial charge in [0.05, 0.1) is 17.1 Å². The first-order chi connectivity index (χ1) is 4.96. The van der Waals surface area contributed by atoms with Gasteiger partial charge in [-0.25, -0.2) is 8.42 Å².